The summed E-state index contributed by atoms with van der Waals surface area (Å²) in [5.74, 6) is -1.10. The highest BCUT2D eigenvalue weighted by Gasteiger charge is 2.45. The first-order chi connectivity index (χ1) is 9.47. The number of halogens is 3. The standard InChI is InChI=1S/C14H23F3N2O/c15-14(16,17)11-3-1-2-4-12(11)19-13(20)6-5-10-7-8-18-9-10/h10-12,18H,1-9H2,(H,19,20). The van der Waals surface area contributed by atoms with Crippen LogP contribution >= 0.6 is 0 Å². The minimum absolute atomic E-state index is 0.140. The molecule has 0 aromatic heterocycles. The van der Waals surface area contributed by atoms with Crippen molar-refractivity contribution in [2.75, 3.05) is 13.1 Å². The van der Waals surface area contributed by atoms with E-state index < -0.39 is 18.1 Å². The fourth-order valence-electron chi connectivity index (χ4n) is 3.27. The molecule has 1 aliphatic carbocycles. The Labute approximate surface area is 117 Å². The zero-order valence-corrected chi connectivity index (χ0v) is 11.6. The highest BCUT2D eigenvalue weighted by atomic mass is 19.4. The van der Waals surface area contributed by atoms with Gasteiger partial charge >= 0.3 is 6.18 Å². The Morgan fingerprint density at radius 3 is 2.60 bits per heavy atom. The van der Waals surface area contributed by atoms with Crippen molar-refractivity contribution in [3.05, 3.63) is 0 Å². The van der Waals surface area contributed by atoms with Gasteiger partial charge in [0.25, 0.3) is 0 Å². The molecule has 1 amide bonds. The molecule has 2 aliphatic rings. The van der Waals surface area contributed by atoms with Crippen LogP contribution in [0.4, 0.5) is 13.2 Å². The predicted molar refractivity (Wildman–Crippen MR) is 70.2 cm³/mol. The third kappa shape index (κ3) is 4.36. The zero-order chi connectivity index (χ0) is 14.6. The fourth-order valence-corrected chi connectivity index (χ4v) is 3.27. The number of rotatable bonds is 4. The van der Waals surface area contributed by atoms with Crippen LogP contribution in [-0.2, 0) is 4.79 Å². The topological polar surface area (TPSA) is 41.1 Å². The molecule has 2 fully saturated rings. The molecule has 3 unspecified atom stereocenters. The van der Waals surface area contributed by atoms with Gasteiger partial charge in [0, 0.05) is 12.5 Å². The molecule has 20 heavy (non-hydrogen) atoms. The Morgan fingerprint density at radius 1 is 1.20 bits per heavy atom. The lowest BCUT2D eigenvalue weighted by molar-refractivity contribution is -0.189. The van der Waals surface area contributed by atoms with Crippen molar-refractivity contribution < 1.29 is 18.0 Å². The third-order valence-electron chi connectivity index (χ3n) is 4.47. The summed E-state index contributed by atoms with van der Waals surface area (Å²) in [6.07, 6.45) is -0.0818. The molecule has 6 heteroatoms. The molecule has 1 aliphatic heterocycles. The van der Waals surface area contributed by atoms with E-state index in [1.807, 2.05) is 0 Å². The molecule has 1 saturated heterocycles. The number of nitrogens with one attached hydrogen (secondary N) is 2. The number of carbonyl (C=O) groups excluding carboxylic acids is 1. The van der Waals surface area contributed by atoms with Gasteiger partial charge in [-0.3, -0.25) is 4.79 Å². The van der Waals surface area contributed by atoms with Crippen LogP contribution in [0.1, 0.15) is 44.9 Å². The first kappa shape index (κ1) is 15.6. The van der Waals surface area contributed by atoms with Gasteiger partial charge in [0.1, 0.15) is 0 Å². The Hall–Kier alpha value is -0.780. The molecular formula is C14H23F3N2O. The predicted octanol–water partition coefficient (Wildman–Crippen LogP) is 2.61. The summed E-state index contributed by atoms with van der Waals surface area (Å²) in [5, 5.41) is 5.84. The number of amides is 1. The molecular weight excluding hydrogens is 269 g/mol. The van der Waals surface area contributed by atoms with Gasteiger partial charge in [0.2, 0.25) is 5.91 Å². The first-order valence-corrected chi connectivity index (χ1v) is 7.53. The van der Waals surface area contributed by atoms with Gasteiger partial charge in [-0.25, -0.2) is 0 Å². The minimum atomic E-state index is -4.20. The Kier molecular flexibility index (Phi) is 5.29. The van der Waals surface area contributed by atoms with Crippen LogP contribution in [0.5, 0.6) is 0 Å². The largest absolute Gasteiger partial charge is 0.393 e. The second kappa shape index (κ2) is 6.78. The summed E-state index contributed by atoms with van der Waals surface area (Å²) >= 11 is 0. The van der Waals surface area contributed by atoms with E-state index in [0.717, 1.165) is 32.4 Å². The molecule has 0 aromatic carbocycles. The van der Waals surface area contributed by atoms with Crippen molar-refractivity contribution in [1.29, 1.82) is 0 Å². The summed E-state index contributed by atoms with van der Waals surface area (Å²) in [7, 11) is 0. The molecule has 0 radical (unpaired) electrons. The molecule has 0 aromatic rings. The van der Waals surface area contributed by atoms with Crippen molar-refractivity contribution in [3.63, 3.8) is 0 Å². The van der Waals surface area contributed by atoms with Crippen LogP contribution in [0.3, 0.4) is 0 Å². The molecule has 2 rings (SSSR count). The van der Waals surface area contributed by atoms with Crippen molar-refractivity contribution in [2.24, 2.45) is 11.8 Å². The van der Waals surface area contributed by atoms with Crippen molar-refractivity contribution in [2.45, 2.75) is 57.2 Å². The lowest BCUT2D eigenvalue weighted by atomic mass is 9.84. The third-order valence-corrected chi connectivity index (χ3v) is 4.47. The van der Waals surface area contributed by atoms with Gasteiger partial charge in [-0.1, -0.05) is 12.8 Å². The van der Waals surface area contributed by atoms with E-state index in [0.29, 0.717) is 25.2 Å². The van der Waals surface area contributed by atoms with E-state index in [1.54, 1.807) is 0 Å². The van der Waals surface area contributed by atoms with E-state index in [4.69, 9.17) is 0 Å². The maximum absolute atomic E-state index is 12.9. The van der Waals surface area contributed by atoms with Crippen LogP contribution in [-0.4, -0.2) is 31.2 Å². The molecule has 1 saturated carbocycles. The first-order valence-electron chi connectivity index (χ1n) is 7.53. The summed E-state index contributed by atoms with van der Waals surface area (Å²) in [6.45, 7) is 1.90. The van der Waals surface area contributed by atoms with Crippen LogP contribution in [0.2, 0.25) is 0 Å². The zero-order valence-electron chi connectivity index (χ0n) is 11.6. The van der Waals surface area contributed by atoms with Gasteiger partial charge in [0.15, 0.2) is 0 Å². The van der Waals surface area contributed by atoms with Crippen LogP contribution in [0.25, 0.3) is 0 Å². The maximum Gasteiger partial charge on any atom is 0.393 e. The summed E-state index contributed by atoms with van der Waals surface area (Å²) in [4.78, 5) is 11.8. The summed E-state index contributed by atoms with van der Waals surface area (Å²) in [6, 6.07) is -0.724. The average molecular weight is 292 g/mol. The molecule has 0 bridgehead atoms. The normalized spacial score (nSPS) is 31.2. The van der Waals surface area contributed by atoms with Crippen LogP contribution < -0.4 is 10.6 Å². The number of carbonyl (C=O) groups is 1. The van der Waals surface area contributed by atoms with E-state index in [2.05, 4.69) is 10.6 Å². The SMILES string of the molecule is O=C(CCC1CCNC1)NC1CCCCC1C(F)(F)F. The molecule has 3 atom stereocenters. The van der Waals surface area contributed by atoms with Crippen LogP contribution in [0.15, 0.2) is 0 Å². The lowest BCUT2D eigenvalue weighted by Crippen LogP contribution is -2.47. The Morgan fingerprint density at radius 2 is 1.95 bits per heavy atom. The maximum atomic E-state index is 12.9. The summed E-state index contributed by atoms with van der Waals surface area (Å²) in [5.41, 5.74) is 0. The van der Waals surface area contributed by atoms with Gasteiger partial charge in [-0.15, -0.1) is 0 Å². The highest BCUT2D eigenvalue weighted by molar-refractivity contribution is 5.76. The second-order valence-electron chi connectivity index (χ2n) is 6.00. The van der Waals surface area contributed by atoms with Gasteiger partial charge in [-0.2, -0.15) is 13.2 Å². The quantitative estimate of drug-likeness (QED) is 0.836. The molecule has 3 nitrogen and oxygen atoms in total. The summed E-state index contributed by atoms with van der Waals surface area (Å²) < 4.78 is 38.7. The van der Waals surface area contributed by atoms with E-state index in [1.165, 1.54) is 0 Å². The molecule has 116 valence electrons. The van der Waals surface area contributed by atoms with Gasteiger partial charge in [0.05, 0.1) is 5.92 Å². The number of hydrogen-bond acceptors (Lipinski definition) is 2. The molecule has 1 heterocycles. The van der Waals surface area contributed by atoms with E-state index in [-0.39, 0.29) is 12.3 Å². The Bertz CT molecular complexity index is 327. The molecule has 0 spiro atoms. The van der Waals surface area contributed by atoms with Crippen LogP contribution in [0, 0.1) is 11.8 Å². The van der Waals surface area contributed by atoms with Crippen molar-refractivity contribution in [3.8, 4) is 0 Å². The van der Waals surface area contributed by atoms with E-state index in [9.17, 15) is 18.0 Å². The molecule has 2 N–H and O–H groups in total. The average Bonchev–Trinajstić information content (AvgIpc) is 2.89. The van der Waals surface area contributed by atoms with E-state index >= 15 is 0 Å². The lowest BCUT2D eigenvalue weighted by Gasteiger charge is -2.33. The van der Waals surface area contributed by atoms with Gasteiger partial charge < -0.3 is 10.6 Å². The highest BCUT2D eigenvalue weighted by Crippen LogP contribution is 2.37. The van der Waals surface area contributed by atoms with Gasteiger partial charge in [-0.05, 0) is 44.7 Å². The number of hydrogen-bond donors (Lipinski definition) is 2. The monoisotopic (exact) mass is 292 g/mol. The van der Waals surface area contributed by atoms with Crippen molar-refractivity contribution >= 4 is 5.91 Å². The smallest absolute Gasteiger partial charge is 0.353 e. The second-order valence-corrected chi connectivity index (χ2v) is 6.00. The number of alkyl halides is 3. The Balaban J connectivity index is 1.78. The fraction of sp³-hybridized carbons (Fsp3) is 0.929. The minimum Gasteiger partial charge on any atom is -0.353 e. The van der Waals surface area contributed by atoms with Crippen molar-refractivity contribution in [1.82, 2.24) is 10.6 Å².